The number of ether oxygens (including phenoxy) is 3. The molecule has 1 atom stereocenters. The molecule has 1 saturated heterocycles. The molecule has 26 heavy (non-hydrogen) atoms. The SMILES string of the molecule is CCNC(=NCc1ccc(C)cc1OCC1CCCO1)NCCOCC. The van der Waals surface area contributed by atoms with Crippen LogP contribution in [0.4, 0.5) is 0 Å². The summed E-state index contributed by atoms with van der Waals surface area (Å²) in [5, 5.41) is 6.55. The minimum absolute atomic E-state index is 0.212. The molecule has 1 aromatic carbocycles. The van der Waals surface area contributed by atoms with Crippen molar-refractivity contribution in [1.82, 2.24) is 10.6 Å². The molecular formula is C20H33N3O3. The number of rotatable bonds is 10. The first-order valence-electron chi connectivity index (χ1n) is 9.66. The third kappa shape index (κ3) is 7.22. The fourth-order valence-electron chi connectivity index (χ4n) is 2.78. The Labute approximate surface area is 157 Å². The van der Waals surface area contributed by atoms with Crippen molar-refractivity contribution in [2.45, 2.75) is 46.3 Å². The monoisotopic (exact) mass is 363 g/mol. The first-order valence-corrected chi connectivity index (χ1v) is 9.66. The van der Waals surface area contributed by atoms with Gasteiger partial charge in [0.15, 0.2) is 5.96 Å². The molecule has 1 aliphatic rings. The van der Waals surface area contributed by atoms with Crippen LogP contribution in [0.1, 0.15) is 37.8 Å². The van der Waals surface area contributed by atoms with Crippen LogP contribution in [0.3, 0.4) is 0 Å². The van der Waals surface area contributed by atoms with Crippen molar-refractivity contribution in [2.24, 2.45) is 4.99 Å². The van der Waals surface area contributed by atoms with Crippen LogP contribution in [0.5, 0.6) is 5.75 Å². The lowest BCUT2D eigenvalue weighted by Crippen LogP contribution is -2.39. The summed E-state index contributed by atoms with van der Waals surface area (Å²) >= 11 is 0. The Morgan fingerprint density at radius 3 is 2.92 bits per heavy atom. The van der Waals surface area contributed by atoms with Crippen LogP contribution in [0, 0.1) is 6.92 Å². The summed E-state index contributed by atoms with van der Waals surface area (Å²) < 4.78 is 17.1. The molecule has 1 fully saturated rings. The van der Waals surface area contributed by atoms with Crippen LogP contribution < -0.4 is 15.4 Å². The maximum atomic E-state index is 6.05. The van der Waals surface area contributed by atoms with Gasteiger partial charge in [0.25, 0.3) is 0 Å². The molecule has 0 radical (unpaired) electrons. The van der Waals surface area contributed by atoms with Gasteiger partial charge < -0.3 is 24.8 Å². The van der Waals surface area contributed by atoms with E-state index in [2.05, 4.69) is 47.7 Å². The van der Waals surface area contributed by atoms with Gasteiger partial charge in [0.1, 0.15) is 12.4 Å². The molecule has 1 aliphatic heterocycles. The molecule has 1 aromatic rings. The van der Waals surface area contributed by atoms with Gasteiger partial charge in [-0.3, -0.25) is 0 Å². The fraction of sp³-hybridized carbons (Fsp3) is 0.650. The summed E-state index contributed by atoms with van der Waals surface area (Å²) in [5.74, 6) is 1.69. The van der Waals surface area contributed by atoms with Crippen LogP contribution in [0.15, 0.2) is 23.2 Å². The zero-order valence-corrected chi connectivity index (χ0v) is 16.3. The van der Waals surface area contributed by atoms with Gasteiger partial charge in [-0.05, 0) is 45.2 Å². The van der Waals surface area contributed by atoms with E-state index in [9.17, 15) is 0 Å². The number of hydrogen-bond acceptors (Lipinski definition) is 4. The van der Waals surface area contributed by atoms with Gasteiger partial charge in [-0.15, -0.1) is 0 Å². The second kappa shape index (κ2) is 11.8. The van der Waals surface area contributed by atoms with Crippen molar-refractivity contribution < 1.29 is 14.2 Å². The molecule has 0 amide bonds. The van der Waals surface area contributed by atoms with Gasteiger partial charge in [-0.2, -0.15) is 0 Å². The Morgan fingerprint density at radius 1 is 1.31 bits per heavy atom. The Hall–Kier alpha value is -1.79. The molecule has 2 N–H and O–H groups in total. The average molecular weight is 364 g/mol. The number of hydrogen-bond donors (Lipinski definition) is 2. The zero-order valence-electron chi connectivity index (χ0n) is 16.3. The minimum atomic E-state index is 0.212. The lowest BCUT2D eigenvalue weighted by Gasteiger charge is -2.15. The fourth-order valence-corrected chi connectivity index (χ4v) is 2.78. The zero-order chi connectivity index (χ0) is 18.6. The average Bonchev–Trinajstić information content (AvgIpc) is 3.16. The molecule has 146 valence electrons. The van der Waals surface area contributed by atoms with E-state index in [0.717, 1.165) is 56.4 Å². The highest BCUT2D eigenvalue weighted by molar-refractivity contribution is 5.79. The van der Waals surface area contributed by atoms with Crippen molar-refractivity contribution in [3.8, 4) is 5.75 Å². The highest BCUT2D eigenvalue weighted by Crippen LogP contribution is 2.23. The maximum Gasteiger partial charge on any atom is 0.191 e. The lowest BCUT2D eigenvalue weighted by molar-refractivity contribution is 0.0676. The molecule has 2 rings (SSSR count). The summed E-state index contributed by atoms with van der Waals surface area (Å²) in [7, 11) is 0. The number of aryl methyl sites for hydroxylation is 1. The van der Waals surface area contributed by atoms with Crippen LogP contribution in [-0.2, 0) is 16.0 Å². The molecule has 0 aromatic heterocycles. The van der Waals surface area contributed by atoms with Crippen molar-refractivity contribution >= 4 is 5.96 Å². The third-order valence-electron chi connectivity index (χ3n) is 4.17. The van der Waals surface area contributed by atoms with Crippen molar-refractivity contribution in [1.29, 1.82) is 0 Å². The summed E-state index contributed by atoms with van der Waals surface area (Å²) in [6, 6.07) is 6.27. The van der Waals surface area contributed by atoms with Gasteiger partial charge in [0.05, 0.1) is 19.3 Å². The molecule has 6 heteroatoms. The van der Waals surface area contributed by atoms with E-state index >= 15 is 0 Å². The number of aliphatic imine (C=N–C) groups is 1. The smallest absolute Gasteiger partial charge is 0.191 e. The molecule has 0 aliphatic carbocycles. The second-order valence-corrected chi connectivity index (χ2v) is 6.38. The normalized spacial score (nSPS) is 17.3. The van der Waals surface area contributed by atoms with Crippen LogP contribution in [-0.4, -0.2) is 51.6 Å². The van der Waals surface area contributed by atoms with Crippen molar-refractivity contribution in [3.63, 3.8) is 0 Å². The quantitative estimate of drug-likeness (QED) is 0.380. The number of nitrogens with one attached hydrogen (secondary N) is 2. The number of nitrogens with zero attached hydrogens (tertiary/aromatic N) is 1. The molecule has 0 spiro atoms. The van der Waals surface area contributed by atoms with Gasteiger partial charge in [0.2, 0.25) is 0 Å². The highest BCUT2D eigenvalue weighted by Gasteiger charge is 2.16. The predicted molar refractivity (Wildman–Crippen MR) is 105 cm³/mol. The number of benzene rings is 1. The summed E-state index contributed by atoms with van der Waals surface area (Å²) in [6.45, 7) is 11.1. The Kier molecular flexibility index (Phi) is 9.28. The van der Waals surface area contributed by atoms with Gasteiger partial charge >= 0.3 is 0 Å². The van der Waals surface area contributed by atoms with E-state index in [4.69, 9.17) is 14.2 Å². The first kappa shape index (κ1) is 20.5. The van der Waals surface area contributed by atoms with E-state index < -0.39 is 0 Å². The molecule has 1 heterocycles. The maximum absolute atomic E-state index is 6.05. The standard InChI is InChI=1S/C20H33N3O3/c1-4-21-20(22-10-12-24-5-2)23-14-17-9-8-16(3)13-19(17)26-15-18-7-6-11-25-18/h8-9,13,18H,4-7,10-12,14-15H2,1-3H3,(H2,21,22,23). The van der Waals surface area contributed by atoms with Crippen LogP contribution >= 0.6 is 0 Å². The molecule has 0 saturated carbocycles. The van der Waals surface area contributed by atoms with Gasteiger partial charge in [-0.25, -0.2) is 4.99 Å². The number of guanidine groups is 1. The lowest BCUT2D eigenvalue weighted by atomic mass is 10.1. The summed E-state index contributed by atoms with van der Waals surface area (Å²) in [5.41, 5.74) is 2.26. The van der Waals surface area contributed by atoms with E-state index in [1.165, 1.54) is 5.56 Å². The van der Waals surface area contributed by atoms with Crippen LogP contribution in [0.2, 0.25) is 0 Å². The van der Waals surface area contributed by atoms with E-state index in [1.54, 1.807) is 0 Å². The molecule has 1 unspecified atom stereocenters. The first-order chi connectivity index (χ1) is 12.7. The Morgan fingerprint density at radius 2 is 2.19 bits per heavy atom. The summed E-state index contributed by atoms with van der Waals surface area (Å²) in [6.07, 6.45) is 2.41. The van der Waals surface area contributed by atoms with Crippen molar-refractivity contribution in [3.05, 3.63) is 29.3 Å². The molecular weight excluding hydrogens is 330 g/mol. The van der Waals surface area contributed by atoms with E-state index in [1.807, 2.05) is 6.92 Å². The topological polar surface area (TPSA) is 64.1 Å². The Bertz CT molecular complexity index is 557. The minimum Gasteiger partial charge on any atom is -0.491 e. The molecule has 0 bridgehead atoms. The third-order valence-corrected chi connectivity index (χ3v) is 4.17. The van der Waals surface area contributed by atoms with Crippen LogP contribution in [0.25, 0.3) is 0 Å². The largest absolute Gasteiger partial charge is 0.491 e. The highest BCUT2D eigenvalue weighted by atomic mass is 16.5. The second-order valence-electron chi connectivity index (χ2n) is 6.38. The summed E-state index contributed by atoms with van der Waals surface area (Å²) in [4.78, 5) is 4.68. The Balaban J connectivity index is 1.96. The van der Waals surface area contributed by atoms with E-state index in [-0.39, 0.29) is 6.10 Å². The van der Waals surface area contributed by atoms with Gasteiger partial charge in [0, 0.05) is 31.9 Å². The molecule has 6 nitrogen and oxygen atoms in total. The van der Waals surface area contributed by atoms with E-state index in [0.29, 0.717) is 19.8 Å². The predicted octanol–water partition coefficient (Wildman–Crippen LogP) is 2.64. The van der Waals surface area contributed by atoms with Crippen molar-refractivity contribution in [2.75, 3.05) is 39.5 Å². The van der Waals surface area contributed by atoms with Gasteiger partial charge in [-0.1, -0.05) is 12.1 Å².